The minimum Gasteiger partial charge on any atom is -0.507 e. The van der Waals surface area contributed by atoms with Gasteiger partial charge in [0.15, 0.2) is 0 Å². The average Bonchev–Trinajstić information content (AvgIpc) is 2.66. The van der Waals surface area contributed by atoms with Crippen molar-refractivity contribution in [2.75, 3.05) is 6.61 Å². The number of ether oxygens (including phenoxy) is 1. The minimum absolute atomic E-state index is 0. The third-order valence-corrected chi connectivity index (χ3v) is 2.67. The molecule has 0 amide bonds. The number of aromatic nitrogens is 1. The van der Waals surface area contributed by atoms with Crippen molar-refractivity contribution in [3.8, 4) is 5.75 Å². The van der Waals surface area contributed by atoms with Crippen LogP contribution in [-0.4, -0.2) is 27.7 Å². The van der Waals surface area contributed by atoms with Gasteiger partial charge in [-0.3, -0.25) is 4.79 Å². The molecule has 0 aromatic carbocycles. The minimum atomic E-state index is -0.564. The molecule has 0 unspecified atom stereocenters. The van der Waals surface area contributed by atoms with E-state index in [9.17, 15) is 14.7 Å². The number of aromatic hydroxyl groups is 1. The average molecular weight is 241 g/mol. The summed E-state index contributed by atoms with van der Waals surface area (Å²) in [5.74, 6) is -0.845. The first-order valence-corrected chi connectivity index (χ1v) is 5.28. The predicted molar refractivity (Wildman–Crippen MR) is 60.3 cm³/mol. The second kappa shape index (κ2) is 5.01. The van der Waals surface area contributed by atoms with Crippen molar-refractivity contribution in [3.05, 3.63) is 27.7 Å². The maximum Gasteiger partial charge on any atom is 0.343 e. The molecule has 0 atom stereocenters. The molecule has 2 heterocycles. The van der Waals surface area contributed by atoms with Crippen LogP contribution in [0.3, 0.4) is 0 Å². The van der Waals surface area contributed by atoms with Gasteiger partial charge in [-0.2, -0.15) is 0 Å². The molecule has 3 N–H and O–H groups in total. The number of carbonyl (C=O) groups is 1. The third kappa shape index (κ3) is 2.16. The van der Waals surface area contributed by atoms with Crippen LogP contribution < -0.4 is 5.56 Å². The highest BCUT2D eigenvalue weighted by atomic mass is 16.5. The van der Waals surface area contributed by atoms with Gasteiger partial charge in [0, 0.05) is 18.3 Å². The second-order valence-electron chi connectivity index (χ2n) is 3.67. The van der Waals surface area contributed by atoms with Gasteiger partial charge in [0.25, 0.3) is 5.56 Å². The molecule has 1 aromatic rings. The van der Waals surface area contributed by atoms with Crippen LogP contribution in [0.2, 0.25) is 0 Å². The van der Waals surface area contributed by atoms with Gasteiger partial charge in [0.2, 0.25) is 0 Å². The fourth-order valence-electron chi connectivity index (χ4n) is 2.02. The molecular formula is C11H15NO5. The Bertz CT molecular complexity index is 491. The molecule has 17 heavy (non-hydrogen) atoms. The number of hydrogen-bond acceptors (Lipinski definition) is 4. The molecule has 0 fully saturated rings. The van der Waals surface area contributed by atoms with E-state index in [4.69, 9.17) is 4.74 Å². The van der Waals surface area contributed by atoms with Gasteiger partial charge >= 0.3 is 5.97 Å². The number of rotatable bonds is 2. The van der Waals surface area contributed by atoms with E-state index >= 15 is 0 Å². The summed E-state index contributed by atoms with van der Waals surface area (Å²) in [5.41, 5.74) is 0.459. The van der Waals surface area contributed by atoms with Crippen LogP contribution in [0.5, 0.6) is 5.75 Å². The van der Waals surface area contributed by atoms with E-state index in [-0.39, 0.29) is 29.0 Å². The molecule has 1 aliphatic rings. The van der Waals surface area contributed by atoms with Gasteiger partial charge in [0.05, 0.1) is 6.61 Å². The second-order valence-corrected chi connectivity index (χ2v) is 3.67. The number of esters is 1. The lowest BCUT2D eigenvalue weighted by Crippen LogP contribution is -2.22. The van der Waals surface area contributed by atoms with Crippen molar-refractivity contribution in [2.24, 2.45) is 0 Å². The SMILES string of the molecule is CCOC(=O)c1c(O)cc(=O)n2c1CCC2.O. The topological polar surface area (TPSA) is 100 Å². The molecule has 6 heteroatoms. The van der Waals surface area contributed by atoms with Crippen molar-refractivity contribution in [1.29, 1.82) is 0 Å². The van der Waals surface area contributed by atoms with Crippen LogP contribution >= 0.6 is 0 Å². The van der Waals surface area contributed by atoms with Crippen molar-refractivity contribution in [1.82, 2.24) is 4.57 Å². The Hall–Kier alpha value is -1.82. The molecule has 94 valence electrons. The van der Waals surface area contributed by atoms with E-state index < -0.39 is 5.97 Å². The highest BCUT2D eigenvalue weighted by Crippen LogP contribution is 2.24. The van der Waals surface area contributed by atoms with Crippen LogP contribution in [0.1, 0.15) is 29.4 Å². The number of pyridine rings is 1. The van der Waals surface area contributed by atoms with Gasteiger partial charge in [-0.1, -0.05) is 0 Å². The van der Waals surface area contributed by atoms with E-state index in [0.717, 1.165) is 12.5 Å². The fourth-order valence-corrected chi connectivity index (χ4v) is 2.02. The first-order chi connectivity index (χ1) is 7.65. The van der Waals surface area contributed by atoms with Crippen LogP contribution in [0.15, 0.2) is 10.9 Å². The lowest BCUT2D eigenvalue weighted by atomic mass is 10.1. The molecular weight excluding hydrogens is 226 g/mol. The zero-order valence-corrected chi connectivity index (χ0v) is 9.52. The van der Waals surface area contributed by atoms with Crippen LogP contribution in [0, 0.1) is 0 Å². The number of carbonyl (C=O) groups excluding carboxylic acids is 1. The van der Waals surface area contributed by atoms with Gasteiger partial charge in [-0.25, -0.2) is 4.79 Å². The lowest BCUT2D eigenvalue weighted by molar-refractivity contribution is 0.0521. The molecule has 1 aliphatic heterocycles. The third-order valence-electron chi connectivity index (χ3n) is 2.67. The Morgan fingerprint density at radius 1 is 1.59 bits per heavy atom. The van der Waals surface area contributed by atoms with Gasteiger partial charge in [-0.15, -0.1) is 0 Å². The molecule has 0 aliphatic carbocycles. The quantitative estimate of drug-likeness (QED) is 0.728. The molecule has 2 rings (SSSR count). The smallest absolute Gasteiger partial charge is 0.343 e. The summed E-state index contributed by atoms with van der Waals surface area (Å²) >= 11 is 0. The normalized spacial score (nSPS) is 12.8. The number of fused-ring (bicyclic) bond motifs is 1. The highest BCUT2D eigenvalue weighted by molar-refractivity contribution is 5.93. The Morgan fingerprint density at radius 3 is 2.94 bits per heavy atom. The standard InChI is InChI=1S/C11H13NO4.H2O/c1-2-16-11(15)10-7-4-3-5-12(7)9(14)6-8(10)13;/h6,13H,2-5H2,1H3;1H2. The summed E-state index contributed by atoms with van der Waals surface area (Å²) in [5, 5.41) is 9.64. The molecule has 0 bridgehead atoms. The Labute approximate surface area is 97.8 Å². The van der Waals surface area contributed by atoms with Crippen molar-refractivity contribution >= 4 is 5.97 Å². The zero-order valence-electron chi connectivity index (χ0n) is 9.52. The Morgan fingerprint density at radius 2 is 2.29 bits per heavy atom. The largest absolute Gasteiger partial charge is 0.507 e. The molecule has 0 spiro atoms. The summed E-state index contributed by atoms with van der Waals surface area (Å²) in [4.78, 5) is 23.2. The van der Waals surface area contributed by atoms with Crippen molar-refractivity contribution in [2.45, 2.75) is 26.3 Å². The monoisotopic (exact) mass is 241 g/mol. The lowest BCUT2D eigenvalue weighted by Gasteiger charge is -2.10. The van der Waals surface area contributed by atoms with Crippen molar-refractivity contribution < 1.29 is 20.1 Å². The van der Waals surface area contributed by atoms with E-state index in [1.165, 1.54) is 4.57 Å². The number of hydrogen-bond donors (Lipinski definition) is 1. The Kier molecular flexibility index (Phi) is 3.90. The number of nitrogens with zero attached hydrogens (tertiary/aromatic N) is 1. The molecule has 0 radical (unpaired) electrons. The summed E-state index contributed by atoms with van der Waals surface area (Å²) in [6.45, 7) is 2.54. The van der Waals surface area contributed by atoms with Crippen LogP contribution in [0.4, 0.5) is 0 Å². The molecule has 1 aromatic heterocycles. The van der Waals surface area contributed by atoms with Crippen LogP contribution in [0.25, 0.3) is 0 Å². The van der Waals surface area contributed by atoms with E-state index in [2.05, 4.69) is 0 Å². The van der Waals surface area contributed by atoms with Gasteiger partial charge < -0.3 is 19.9 Å². The highest BCUT2D eigenvalue weighted by Gasteiger charge is 2.24. The maximum absolute atomic E-state index is 11.6. The summed E-state index contributed by atoms with van der Waals surface area (Å²) in [6.07, 6.45) is 1.43. The molecule has 0 saturated carbocycles. The fraction of sp³-hybridized carbons (Fsp3) is 0.455. The van der Waals surface area contributed by atoms with E-state index in [1.807, 2.05) is 0 Å². The zero-order chi connectivity index (χ0) is 11.7. The summed E-state index contributed by atoms with van der Waals surface area (Å²) in [7, 11) is 0. The first-order valence-electron chi connectivity index (χ1n) is 5.28. The van der Waals surface area contributed by atoms with Crippen molar-refractivity contribution in [3.63, 3.8) is 0 Å². The maximum atomic E-state index is 11.6. The Balaban J connectivity index is 0.00000144. The molecule has 6 nitrogen and oxygen atoms in total. The summed E-state index contributed by atoms with van der Waals surface area (Å²) < 4.78 is 6.38. The predicted octanol–water partition coefficient (Wildman–Crippen LogP) is -0.148. The van der Waals surface area contributed by atoms with E-state index in [1.54, 1.807) is 6.92 Å². The van der Waals surface area contributed by atoms with E-state index in [0.29, 0.717) is 18.7 Å². The first kappa shape index (κ1) is 13.2. The molecule has 0 saturated heterocycles. The summed E-state index contributed by atoms with van der Waals surface area (Å²) in [6, 6.07) is 1.07. The van der Waals surface area contributed by atoms with Crippen LogP contribution in [-0.2, 0) is 17.7 Å². The van der Waals surface area contributed by atoms with Gasteiger partial charge in [-0.05, 0) is 19.8 Å². The van der Waals surface area contributed by atoms with Gasteiger partial charge in [0.1, 0.15) is 11.3 Å².